The van der Waals surface area contributed by atoms with Gasteiger partial charge in [-0.1, -0.05) is 44.2 Å². The molecule has 0 fully saturated rings. The summed E-state index contributed by atoms with van der Waals surface area (Å²) in [6, 6.07) is 10.7. The van der Waals surface area contributed by atoms with Crippen molar-refractivity contribution in [1.29, 1.82) is 0 Å². The van der Waals surface area contributed by atoms with Gasteiger partial charge < -0.3 is 5.73 Å². The van der Waals surface area contributed by atoms with E-state index in [9.17, 15) is 0 Å². The van der Waals surface area contributed by atoms with Gasteiger partial charge in [0, 0.05) is 17.2 Å². The van der Waals surface area contributed by atoms with Crippen LogP contribution < -0.4 is 5.73 Å². The molecule has 0 unspecified atom stereocenters. The standard InChI is InChI=1S/C17H24N2S/c1-17(2,16-19-15(10-12-18)13-20-16)11-6-9-14-7-4-3-5-8-14/h3-5,7-8,13H,6,9-12,18H2,1-2H3. The molecule has 1 heterocycles. The van der Waals surface area contributed by atoms with Crippen molar-refractivity contribution >= 4 is 11.3 Å². The lowest BCUT2D eigenvalue weighted by atomic mass is 9.87. The molecule has 0 aliphatic rings. The summed E-state index contributed by atoms with van der Waals surface area (Å²) >= 11 is 1.78. The first-order valence-electron chi connectivity index (χ1n) is 7.31. The third-order valence-corrected chi connectivity index (χ3v) is 4.90. The molecule has 0 saturated carbocycles. The number of hydrogen-bond acceptors (Lipinski definition) is 3. The molecule has 3 heteroatoms. The van der Waals surface area contributed by atoms with Gasteiger partial charge in [-0.15, -0.1) is 11.3 Å². The van der Waals surface area contributed by atoms with Gasteiger partial charge >= 0.3 is 0 Å². The van der Waals surface area contributed by atoms with Gasteiger partial charge in [-0.3, -0.25) is 0 Å². The fraction of sp³-hybridized carbons (Fsp3) is 0.471. The van der Waals surface area contributed by atoms with Crippen LogP contribution >= 0.6 is 11.3 Å². The van der Waals surface area contributed by atoms with E-state index < -0.39 is 0 Å². The van der Waals surface area contributed by atoms with Crippen LogP contribution in [0, 0.1) is 0 Å². The monoisotopic (exact) mass is 288 g/mol. The van der Waals surface area contributed by atoms with Crippen molar-refractivity contribution in [3.05, 3.63) is 52.0 Å². The van der Waals surface area contributed by atoms with E-state index in [1.807, 2.05) is 0 Å². The summed E-state index contributed by atoms with van der Waals surface area (Å²) in [6.45, 7) is 5.27. The van der Waals surface area contributed by atoms with Crippen molar-refractivity contribution in [2.75, 3.05) is 6.54 Å². The number of benzene rings is 1. The molecule has 2 rings (SSSR count). The first kappa shape index (κ1) is 15.2. The van der Waals surface area contributed by atoms with Crippen LogP contribution in [0.4, 0.5) is 0 Å². The topological polar surface area (TPSA) is 38.9 Å². The molecule has 1 aromatic carbocycles. The fourth-order valence-electron chi connectivity index (χ4n) is 2.37. The molecule has 0 aliphatic heterocycles. The van der Waals surface area contributed by atoms with Gasteiger partial charge in [-0.05, 0) is 31.4 Å². The highest BCUT2D eigenvalue weighted by Crippen LogP contribution is 2.31. The summed E-state index contributed by atoms with van der Waals surface area (Å²) in [5.74, 6) is 0. The lowest BCUT2D eigenvalue weighted by Crippen LogP contribution is -2.17. The number of hydrogen-bond donors (Lipinski definition) is 1. The molecule has 0 aliphatic carbocycles. The van der Waals surface area contributed by atoms with E-state index in [1.54, 1.807) is 11.3 Å². The predicted octanol–water partition coefficient (Wildman–Crippen LogP) is 3.94. The third kappa shape index (κ3) is 4.15. The minimum Gasteiger partial charge on any atom is -0.330 e. The summed E-state index contributed by atoms with van der Waals surface area (Å²) in [6.07, 6.45) is 4.39. The maximum absolute atomic E-state index is 5.59. The lowest BCUT2D eigenvalue weighted by Gasteiger charge is -2.21. The van der Waals surface area contributed by atoms with Crippen LogP contribution in [-0.2, 0) is 18.3 Å². The van der Waals surface area contributed by atoms with Crippen molar-refractivity contribution in [1.82, 2.24) is 4.98 Å². The van der Waals surface area contributed by atoms with Crippen LogP contribution in [0.25, 0.3) is 0 Å². The fourth-order valence-corrected chi connectivity index (χ4v) is 3.38. The molecule has 0 saturated heterocycles. The van der Waals surface area contributed by atoms with E-state index in [1.165, 1.54) is 17.0 Å². The average Bonchev–Trinajstić information content (AvgIpc) is 2.90. The number of nitrogens with zero attached hydrogens (tertiary/aromatic N) is 1. The Kier molecular flexibility index (Phi) is 5.32. The Bertz CT molecular complexity index is 517. The Hall–Kier alpha value is -1.19. The van der Waals surface area contributed by atoms with Crippen LogP contribution in [0.15, 0.2) is 35.7 Å². The van der Waals surface area contributed by atoms with Gasteiger partial charge in [-0.2, -0.15) is 0 Å². The zero-order chi connectivity index (χ0) is 14.4. The Balaban J connectivity index is 1.89. The van der Waals surface area contributed by atoms with Crippen LogP contribution in [0.1, 0.15) is 43.0 Å². The van der Waals surface area contributed by atoms with Gasteiger partial charge in [0.25, 0.3) is 0 Å². The van der Waals surface area contributed by atoms with Crippen LogP contribution in [0.5, 0.6) is 0 Å². The second-order valence-corrected chi connectivity index (χ2v) is 6.76. The third-order valence-electron chi connectivity index (χ3n) is 3.64. The molecule has 0 atom stereocenters. The lowest BCUT2D eigenvalue weighted by molar-refractivity contribution is 0.458. The highest BCUT2D eigenvalue weighted by molar-refractivity contribution is 7.09. The van der Waals surface area contributed by atoms with Crippen molar-refractivity contribution in [3.8, 4) is 0 Å². The first-order valence-corrected chi connectivity index (χ1v) is 8.18. The van der Waals surface area contributed by atoms with Crippen LogP contribution in [0.3, 0.4) is 0 Å². The van der Waals surface area contributed by atoms with Gasteiger partial charge in [0.15, 0.2) is 0 Å². The number of aromatic nitrogens is 1. The summed E-state index contributed by atoms with van der Waals surface area (Å²) in [4.78, 5) is 4.74. The van der Waals surface area contributed by atoms with Gasteiger partial charge in [0.2, 0.25) is 0 Å². The average molecular weight is 288 g/mol. The molecular formula is C17H24N2S. The summed E-state index contributed by atoms with van der Waals surface area (Å²) < 4.78 is 0. The Labute approximate surface area is 126 Å². The van der Waals surface area contributed by atoms with E-state index in [-0.39, 0.29) is 5.41 Å². The van der Waals surface area contributed by atoms with E-state index >= 15 is 0 Å². The largest absolute Gasteiger partial charge is 0.330 e. The van der Waals surface area contributed by atoms with Crippen molar-refractivity contribution < 1.29 is 0 Å². The van der Waals surface area contributed by atoms with E-state index in [4.69, 9.17) is 10.7 Å². The number of aryl methyl sites for hydroxylation is 1. The Morgan fingerprint density at radius 2 is 1.90 bits per heavy atom. The number of rotatable bonds is 7. The zero-order valence-corrected chi connectivity index (χ0v) is 13.2. The SMILES string of the molecule is CC(C)(CCCc1ccccc1)c1nc(CCN)cs1. The van der Waals surface area contributed by atoms with Gasteiger partial charge in [0.05, 0.1) is 10.7 Å². The van der Waals surface area contributed by atoms with Gasteiger partial charge in [0.1, 0.15) is 0 Å². The van der Waals surface area contributed by atoms with Crippen LogP contribution in [-0.4, -0.2) is 11.5 Å². The molecule has 20 heavy (non-hydrogen) atoms. The molecule has 0 spiro atoms. The van der Waals surface area contributed by atoms with E-state index in [2.05, 4.69) is 49.6 Å². The number of thiazole rings is 1. The molecule has 2 aromatic rings. The van der Waals surface area contributed by atoms with E-state index in [0.29, 0.717) is 6.54 Å². The predicted molar refractivity (Wildman–Crippen MR) is 87.3 cm³/mol. The second kappa shape index (κ2) is 7.00. The molecular weight excluding hydrogens is 264 g/mol. The smallest absolute Gasteiger partial charge is 0.0984 e. The second-order valence-electron chi connectivity index (χ2n) is 5.91. The molecule has 108 valence electrons. The van der Waals surface area contributed by atoms with Crippen molar-refractivity contribution in [2.45, 2.75) is 44.9 Å². The first-order chi connectivity index (χ1) is 9.62. The summed E-state index contributed by atoms with van der Waals surface area (Å²) in [5, 5.41) is 3.40. The molecule has 1 aromatic heterocycles. The van der Waals surface area contributed by atoms with Gasteiger partial charge in [-0.25, -0.2) is 4.98 Å². The highest BCUT2D eigenvalue weighted by Gasteiger charge is 2.23. The maximum atomic E-state index is 5.59. The Morgan fingerprint density at radius 3 is 2.60 bits per heavy atom. The summed E-state index contributed by atoms with van der Waals surface area (Å²) in [7, 11) is 0. The normalized spacial score (nSPS) is 11.8. The van der Waals surface area contributed by atoms with E-state index in [0.717, 1.165) is 25.0 Å². The van der Waals surface area contributed by atoms with Crippen LogP contribution in [0.2, 0.25) is 0 Å². The highest BCUT2D eigenvalue weighted by atomic mass is 32.1. The quantitative estimate of drug-likeness (QED) is 0.838. The molecule has 0 bridgehead atoms. The maximum Gasteiger partial charge on any atom is 0.0984 e. The molecule has 2 N–H and O–H groups in total. The van der Waals surface area contributed by atoms with Crippen molar-refractivity contribution in [3.63, 3.8) is 0 Å². The molecule has 0 radical (unpaired) electrons. The summed E-state index contributed by atoms with van der Waals surface area (Å²) in [5.41, 5.74) is 8.31. The minimum atomic E-state index is 0.159. The zero-order valence-electron chi connectivity index (χ0n) is 12.4. The molecule has 2 nitrogen and oxygen atoms in total. The minimum absolute atomic E-state index is 0.159. The molecule has 0 amide bonds. The Morgan fingerprint density at radius 1 is 1.15 bits per heavy atom. The van der Waals surface area contributed by atoms with Crippen molar-refractivity contribution in [2.24, 2.45) is 5.73 Å². The number of nitrogens with two attached hydrogens (primary N) is 1.